The summed E-state index contributed by atoms with van der Waals surface area (Å²) in [5.74, 6) is 0.337. The van der Waals surface area contributed by atoms with Gasteiger partial charge in [0.2, 0.25) is 5.65 Å². The van der Waals surface area contributed by atoms with E-state index < -0.39 is 23.9 Å². The lowest BCUT2D eigenvalue weighted by Gasteiger charge is -2.29. The maximum absolute atomic E-state index is 11.7. The number of nitrogens with zero attached hydrogens (tertiary/aromatic N) is 4. The molecule has 4 aromatic rings. The van der Waals surface area contributed by atoms with Gasteiger partial charge < -0.3 is 24.1 Å². The molecule has 0 bridgehead atoms. The van der Waals surface area contributed by atoms with Crippen LogP contribution in [0.15, 0.2) is 73.2 Å². The molecule has 5 rings (SSSR count). The highest BCUT2D eigenvalue weighted by molar-refractivity contribution is 5.49. The molecule has 9 nitrogen and oxygen atoms in total. The van der Waals surface area contributed by atoms with E-state index in [1.807, 2.05) is 60.7 Å². The van der Waals surface area contributed by atoms with Gasteiger partial charge in [-0.15, -0.1) is 0 Å². The lowest BCUT2D eigenvalue weighted by atomic mass is 9.91. The van der Waals surface area contributed by atoms with Crippen molar-refractivity contribution in [3.8, 4) is 5.88 Å². The third-order valence-corrected chi connectivity index (χ3v) is 6.18. The van der Waals surface area contributed by atoms with Crippen LogP contribution in [-0.2, 0) is 27.4 Å². The fourth-order valence-electron chi connectivity index (χ4n) is 4.45. The molecule has 3 heterocycles. The largest absolute Gasteiger partial charge is 0.478 e. The van der Waals surface area contributed by atoms with Gasteiger partial charge in [0.05, 0.1) is 38.8 Å². The van der Waals surface area contributed by atoms with Gasteiger partial charge in [-0.2, -0.15) is 10.1 Å². The summed E-state index contributed by atoms with van der Waals surface area (Å²) in [6.45, 7) is 2.72. The van der Waals surface area contributed by atoms with Gasteiger partial charge in [0.25, 0.3) is 5.88 Å². The molecule has 1 N–H and O–H groups in total. The van der Waals surface area contributed by atoms with E-state index in [1.54, 1.807) is 17.6 Å². The van der Waals surface area contributed by atoms with E-state index in [0.717, 1.165) is 11.1 Å². The van der Waals surface area contributed by atoms with Crippen molar-refractivity contribution in [3.63, 3.8) is 0 Å². The van der Waals surface area contributed by atoms with Crippen LogP contribution in [0.1, 0.15) is 29.8 Å². The van der Waals surface area contributed by atoms with Crippen LogP contribution < -0.4 is 4.74 Å². The minimum atomic E-state index is -1.39. The number of hydrogen-bond acceptors (Lipinski definition) is 8. The molecule has 4 unspecified atom stereocenters. The molecule has 9 heteroatoms. The molecule has 1 aliphatic heterocycles. The Bertz CT molecular complexity index is 1250. The van der Waals surface area contributed by atoms with E-state index >= 15 is 0 Å². The van der Waals surface area contributed by atoms with Gasteiger partial charge >= 0.3 is 0 Å². The van der Waals surface area contributed by atoms with E-state index in [9.17, 15) is 5.11 Å². The number of methoxy groups -OCH3 is 1. The second-order valence-electron chi connectivity index (χ2n) is 8.69. The fraction of sp³-hybridized carbons (Fsp3) is 0.346. The maximum Gasteiger partial charge on any atom is 0.261 e. The average Bonchev–Trinajstić information content (AvgIpc) is 3.41. The van der Waals surface area contributed by atoms with Crippen LogP contribution in [0.3, 0.4) is 0 Å². The zero-order valence-corrected chi connectivity index (χ0v) is 19.7. The minimum Gasteiger partial charge on any atom is -0.478 e. The molecule has 1 saturated heterocycles. The first-order valence-electron chi connectivity index (χ1n) is 11.5. The van der Waals surface area contributed by atoms with Crippen molar-refractivity contribution in [2.75, 3.05) is 13.7 Å². The number of aliphatic hydroxyl groups is 1. The van der Waals surface area contributed by atoms with Crippen LogP contribution in [-0.4, -0.2) is 56.2 Å². The summed E-state index contributed by atoms with van der Waals surface area (Å²) in [5, 5.41) is 16.0. The zero-order chi connectivity index (χ0) is 24.3. The van der Waals surface area contributed by atoms with Crippen LogP contribution in [0.2, 0.25) is 0 Å². The predicted octanol–water partition coefficient (Wildman–Crippen LogP) is 3.13. The Kier molecular flexibility index (Phi) is 6.74. The Morgan fingerprint density at radius 2 is 1.69 bits per heavy atom. The number of rotatable bonds is 9. The van der Waals surface area contributed by atoms with Crippen molar-refractivity contribution in [2.24, 2.45) is 0 Å². The topological polar surface area (TPSA) is 100 Å². The zero-order valence-electron chi connectivity index (χ0n) is 19.7. The van der Waals surface area contributed by atoms with Gasteiger partial charge in [-0.1, -0.05) is 60.7 Å². The second-order valence-corrected chi connectivity index (χ2v) is 8.69. The van der Waals surface area contributed by atoms with Gasteiger partial charge in [0.1, 0.15) is 30.2 Å². The minimum absolute atomic E-state index is 0.246. The van der Waals surface area contributed by atoms with Crippen molar-refractivity contribution >= 4 is 5.65 Å². The van der Waals surface area contributed by atoms with Crippen molar-refractivity contribution in [1.29, 1.82) is 0 Å². The number of fused-ring (bicyclic) bond motifs is 1. The first-order chi connectivity index (χ1) is 17.1. The number of imidazole rings is 1. The van der Waals surface area contributed by atoms with Crippen molar-refractivity contribution in [3.05, 3.63) is 90.0 Å². The third-order valence-electron chi connectivity index (χ3n) is 6.18. The van der Waals surface area contributed by atoms with E-state index in [1.165, 1.54) is 13.4 Å². The first-order valence-corrected chi connectivity index (χ1v) is 11.5. The van der Waals surface area contributed by atoms with Gasteiger partial charge in [0.15, 0.2) is 0 Å². The molecule has 2 aromatic heterocycles. The summed E-state index contributed by atoms with van der Waals surface area (Å²) < 4.78 is 25.5. The van der Waals surface area contributed by atoms with Crippen LogP contribution in [0.4, 0.5) is 0 Å². The van der Waals surface area contributed by atoms with Crippen LogP contribution in [0, 0.1) is 0 Å². The Hall–Kier alpha value is -3.37. The lowest BCUT2D eigenvalue weighted by Crippen LogP contribution is -2.45. The van der Waals surface area contributed by atoms with E-state index in [4.69, 9.17) is 18.9 Å². The molecule has 4 atom stereocenters. The van der Waals surface area contributed by atoms with Crippen molar-refractivity contribution in [2.45, 2.75) is 44.1 Å². The molecule has 0 spiro atoms. The van der Waals surface area contributed by atoms with Crippen LogP contribution in [0.5, 0.6) is 5.88 Å². The highest BCUT2D eigenvalue weighted by Gasteiger charge is 2.55. The van der Waals surface area contributed by atoms with Gasteiger partial charge in [0, 0.05) is 0 Å². The Morgan fingerprint density at radius 1 is 1.00 bits per heavy atom. The smallest absolute Gasteiger partial charge is 0.261 e. The highest BCUT2D eigenvalue weighted by Crippen LogP contribution is 2.43. The fourth-order valence-corrected chi connectivity index (χ4v) is 4.45. The number of aromatic nitrogens is 4. The monoisotopic (exact) mass is 476 g/mol. The number of benzene rings is 2. The molecule has 0 saturated carbocycles. The molecule has 35 heavy (non-hydrogen) atoms. The van der Waals surface area contributed by atoms with E-state index in [2.05, 4.69) is 15.1 Å². The van der Waals surface area contributed by atoms with E-state index in [-0.39, 0.29) is 6.61 Å². The first kappa shape index (κ1) is 23.4. The Morgan fingerprint density at radius 3 is 2.37 bits per heavy atom. The molecule has 0 aliphatic carbocycles. The highest BCUT2D eigenvalue weighted by atomic mass is 16.6. The summed E-state index contributed by atoms with van der Waals surface area (Å²) in [6, 6.07) is 19.7. The molecular weight excluding hydrogens is 448 g/mol. The summed E-state index contributed by atoms with van der Waals surface area (Å²) in [6.07, 6.45) is 1.06. The molecule has 2 aromatic carbocycles. The molecule has 1 fully saturated rings. The quantitative estimate of drug-likeness (QED) is 0.393. The summed E-state index contributed by atoms with van der Waals surface area (Å²) >= 11 is 0. The number of ether oxygens (including phenoxy) is 4. The molecule has 0 radical (unpaired) electrons. The third kappa shape index (κ3) is 4.76. The van der Waals surface area contributed by atoms with Gasteiger partial charge in [-0.3, -0.25) is 0 Å². The van der Waals surface area contributed by atoms with Gasteiger partial charge in [-0.05, 0) is 18.1 Å². The summed E-state index contributed by atoms with van der Waals surface area (Å²) in [5.41, 5.74) is 1.69. The standard InChI is InChI=1S/C26H28N4O5/c1-26(31)22(20-13-27-24-25(32-2)28-17-29-30(20)24)35-21(16-33-14-18-9-5-3-6-10-18)23(26)34-15-19-11-7-4-8-12-19/h3-13,17,21-23,31H,14-16H2,1-2H3. The summed E-state index contributed by atoms with van der Waals surface area (Å²) in [7, 11) is 1.52. The maximum atomic E-state index is 11.7. The Balaban J connectivity index is 1.40. The normalized spacial score (nSPS) is 24.1. The van der Waals surface area contributed by atoms with Crippen LogP contribution in [0.25, 0.3) is 5.65 Å². The molecular formula is C26H28N4O5. The SMILES string of the molecule is COc1ncnn2c(C3OC(COCc4ccccc4)C(OCc4ccccc4)C3(C)O)cnc12. The van der Waals surface area contributed by atoms with Crippen molar-refractivity contribution < 1.29 is 24.1 Å². The molecule has 1 aliphatic rings. The Labute approximate surface area is 203 Å². The van der Waals surface area contributed by atoms with E-state index in [0.29, 0.717) is 30.4 Å². The van der Waals surface area contributed by atoms with Crippen LogP contribution >= 0.6 is 0 Å². The van der Waals surface area contributed by atoms with Gasteiger partial charge in [-0.25, -0.2) is 9.50 Å². The lowest BCUT2D eigenvalue weighted by molar-refractivity contribution is -0.105. The van der Waals surface area contributed by atoms with Crippen molar-refractivity contribution in [1.82, 2.24) is 19.6 Å². The molecule has 182 valence electrons. The average molecular weight is 477 g/mol. The predicted molar refractivity (Wildman–Crippen MR) is 127 cm³/mol. The molecule has 0 amide bonds. The summed E-state index contributed by atoms with van der Waals surface area (Å²) in [4.78, 5) is 8.49. The number of hydrogen-bond donors (Lipinski definition) is 1. The second kappa shape index (κ2) is 10.1.